The second kappa shape index (κ2) is 12.4. The van der Waals surface area contributed by atoms with Crippen LogP contribution < -0.4 is 20.7 Å². The fraction of sp³-hybridized carbons (Fsp3) is 0.227. The molecule has 0 saturated heterocycles. The average Bonchev–Trinajstić information content (AvgIpc) is 2.74. The van der Waals surface area contributed by atoms with Gasteiger partial charge in [-0.15, -0.1) is 0 Å². The Hall–Kier alpha value is -3.23. The summed E-state index contributed by atoms with van der Waals surface area (Å²) in [5.41, 5.74) is 2.04. The van der Waals surface area contributed by atoms with Gasteiger partial charge < -0.3 is 20.1 Å². The van der Waals surface area contributed by atoms with Crippen LogP contribution >= 0.6 is 12.2 Å². The molecule has 0 aliphatic rings. The van der Waals surface area contributed by atoms with Crippen LogP contribution in [0.2, 0.25) is 0 Å². The standard InChI is InChI=1S/C22H25N3O4S/c1-3-29-19-11-4-16(5-12-19)6-13-20(26)25-22(30)24-18-9-7-17(8-10-18)21(27)23-14-15-28-2/h4-13H,3,14-15H2,1-2H3,(H,23,27)(H2,24,25,26,30)/b13-6+. The fourth-order valence-electron chi connectivity index (χ4n) is 2.40. The van der Waals surface area contributed by atoms with Crippen LogP contribution in [0.3, 0.4) is 0 Å². The summed E-state index contributed by atoms with van der Waals surface area (Å²) in [6.45, 7) is 3.42. The molecule has 158 valence electrons. The molecule has 0 bridgehead atoms. The average molecular weight is 428 g/mol. The first kappa shape index (κ1) is 23.1. The molecule has 2 amide bonds. The SMILES string of the molecule is CCOc1ccc(/C=C/C(=O)NC(=S)Nc2ccc(C(=O)NCCOC)cc2)cc1. The molecule has 3 N–H and O–H groups in total. The lowest BCUT2D eigenvalue weighted by molar-refractivity contribution is -0.115. The summed E-state index contributed by atoms with van der Waals surface area (Å²) in [4.78, 5) is 24.0. The van der Waals surface area contributed by atoms with Crippen LogP contribution in [-0.4, -0.2) is 43.8 Å². The summed E-state index contributed by atoms with van der Waals surface area (Å²) in [7, 11) is 1.57. The molecule has 0 aliphatic carbocycles. The Morgan fingerprint density at radius 2 is 1.77 bits per heavy atom. The zero-order valence-corrected chi connectivity index (χ0v) is 17.8. The number of rotatable bonds is 9. The maximum Gasteiger partial charge on any atom is 0.251 e. The number of carbonyl (C=O) groups is 2. The van der Waals surface area contributed by atoms with Gasteiger partial charge >= 0.3 is 0 Å². The third-order valence-electron chi connectivity index (χ3n) is 3.85. The van der Waals surface area contributed by atoms with Gasteiger partial charge in [0, 0.05) is 31.0 Å². The predicted molar refractivity (Wildman–Crippen MR) is 122 cm³/mol. The van der Waals surface area contributed by atoms with Crippen LogP contribution in [0.1, 0.15) is 22.8 Å². The second-order valence-electron chi connectivity index (χ2n) is 6.10. The summed E-state index contributed by atoms with van der Waals surface area (Å²) >= 11 is 5.16. The maximum atomic E-state index is 12.0. The minimum absolute atomic E-state index is 0.161. The molecule has 30 heavy (non-hydrogen) atoms. The van der Waals surface area contributed by atoms with Gasteiger partial charge in [-0.05, 0) is 67.2 Å². The summed E-state index contributed by atoms with van der Waals surface area (Å²) < 4.78 is 10.3. The highest BCUT2D eigenvalue weighted by Crippen LogP contribution is 2.13. The Kier molecular flexibility index (Phi) is 9.50. The first-order valence-electron chi connectivity index (χ1n) is 9.42. The molecule has 0 fully saturated rings. The topological polar surface area (TPSA) is 88.7 Å². The fourth-order valence-corrected chi connectivity index (χ4v) is 2.62. The van der Waals surface area contributed by atoms with E-state index in [1.54, 1.807) is 37.5 Å². The highest BCUT2D eigenvalue weighted by molar-refractivity contribution is 7.80. The second-order valence-corrected chi connectivity index (χ2v) is 6.51. The highest BCUT2D eigenvalue weighted by atomic mass is 32.1. The van der Waals surface area contributed by atoms with E-state index in [-0.39, 0.29) is 16.9 Å². The number of hydrogen-bond acceptors (Lipinski definition) is 5. The third-order valence-corrected chi connectivity index (χ3v) is 4.06. The van der Waals surface area contributed by atoms with Crippen molar-refractivity contribution < 1.29 is 19.1 Å². The number of nitrogens with one attached hydrogen (secondary N) is 3. The van der Waals surface area contributed by atoms with E-state index in [1.807, 2.05) is 31.2 Å². The lowest BCUT2D eigenvalue weighted by Crippen LogP contribution is -2.32. The van der Waals surface area contributed by atoms with E-state index in [2.05, 4.69) is 16.0 Å². The molecule has 2 rings (SSSR count). The zero-order chi connectivity index (χ0) is 21.8. The van der Waals surface area contributed by atoms with Gasteiger partial charge in [0.2, 0.25) is 5.91 Å². The molecule has 0 atom stereocenters. The van der Waals surface area contributed by atoms with Gasteiger partial charge in [0.05, 0.1) is 13.2 Å². The summed E-state index contributed by atoms with van der Waals surface area (Å²) in [5, 5.41) is 8.39. The van der Waals surface area contributed by atoms with Crippen LogP contribution in [-0.2, 0) is 9.53 Å². The largest absolute Gasteiger partial charge is 0.494 e. The van der Waals surface area contributed by atoms with Crippen molar-refractivity contribution >= 4 is 40.9 Å². The van der Waals surface area contributed by atoms with Gasteiger partial charge in [-0.1, -0.05) is 12.1 Å². The maximum absolute atomic E-state index is 12.0. The molecule has 0 saturated carbocycles. The third kappa shape index (κ3) is 8.02. The van der Waals surface area contributed by atoms with Crippen molar-refractivity contribution in [1.82, 2.24) is 10.6 Å². The summed E-state index contributed by atoms with van der Waals surface area (Å²) in [6.07, 6.45) is 3.09. The highest BCUT2D eigenvalue weighted by Gasteiger charge is 2.06. The molecule has 0 heterocycles. The van der Waals surface area contributed by atoms with Crippen molar-refractivity contribution in [2.75, 3.05) is 32.2 Å². The van der Waals surface area contributed by atoms with E-state index in [0.717, 1.165) is 11.3 Å². The number of methoxy groups -OCH3 is 1. The number of anilines is 1. The van der Waals surface area contributed by atoms with Gasteiger partial charge in [-0.3, -0.25) is 14.9 Å². The number of ether oxygens (including phenoxy) is 2. The van der Waals surface area contributed by atoms with E-state index in [0.29, 0.717) is 31.0 Å². The molecule has 0 spiro atoms. The molecular weight excluding hydrogens is 402 g/mol. The van der Waals surface area contributed by atoms with Crippen molar-refractivity contribution in [3.63, 3.8) is 0 Å². The molecular formula is C22H25N3O4S. The van der Waals surface area contributed by atoms with Crippen LogP contribution in [0.25, 0.3) is 6.08 Å². The Bertz CT molecular complexity index is 880. The molecule has 0 aliphatic heterocycles. The zero-order valence-electron chi connectivity index (χ0n) is 16.9. The Labute approximate surface area is 181 Å². The Balaban J connectivity index is 1.81. The Morgan fingerprint density at radius 1 is 1.07 bits per heavy atom. The molecule has 0 radical (unpaired) electrons. The summed E-state index contributed by atoms with van der Waals surface area (Å²) in [6, 6.07) is 14.2. The van der Waals surface area contributed by atoms with Crippen molar-refractivity contribution in [1.29, 1.82) is 0 Å². The van der Waals surface area contributed by atoms with Gasteiger partial charge in [0.15, 0.2) is 5.11 Å². The monoisotopic (exact) mass is 427 g/mol. The molecule has 0 aromatic heterocycles. The first-order chi connectivity index (χ1) is 14.5. The first-order valence-corrected chi connectivity index (χ1v) is 9.82. The van der Waals surface area contributed by atoms with Gasteiger partial charge in [0.1, 0.15) is 5.75 Å². The van der Waals surface area contributed by atoms with Crippen LogP contribution in [0.15, 0.2) is 54.6 Å². The molecule has 7 nitrogen and oxygen atoms in total. The smallest absolute Gasteiger partial charge is 0.251 e. The predicted octanol–water partition coefficient (Wildman–Crippen LogP) is 2.99. The normalized spacial score (nSPS) is 10.5. The molecule has 0 unspecified atom stereocenters. The number of hydrogen-bond donors (Lipinski definition) is 3. The lowest BCUT2D eigenvalue weighted by Gasteiger charge is -2.09. The van der Waals surface area contributed by atoms with Gasteiger partial charge in [0.25, 0.3) is 5.91 Å². The lowest BCUT2D eigenvalue weighted by atomic mass is 10.2. The van der Waals surface area contributed by atoms with E-state index < -0.39 is 0 Å². The minimum atomic E-state index is -0.351. The van der Waals surface area contributed by atoms with Crippen LogP contribution in [0.4, 0.5) is 5.69 Å². The quantitative estimate of drug-likeness (QED) is 0.324. The van der Waals surface area contributed by atoms with E-state index in [9.17, 15) is 9.59 Å². The van der Waals surface area contributed by atoms with Gasteiger partial charge in [-0.25, -0.2) is 0 Å². The van der Waals surface area contributed by atoms with Crippen molar-refractivity contribution in [3.05, 3.63) is 65.7 Å². The number of amides is 2. The van der Waals surface area contributed by atoms with Crippen molar-refractivity contribution in [2.24, 2.45) is 0 Å². The van der Waals surface area contributed by atoms with Gasteiger partial charge in [-0.2, -0.15) is 0 Å². The molecule has 8 heteroatoms. The van der Waals surface area contributed by atoms with Crippen molar-refractivity contribution in [3.8, 4) is 5.75 Å². The van der Waals surface area contributed by atoms with E-state index in [4.69, 9.17) is 21.7 Å². The summed E-state index contributed by atoms with van der Waals surface area (Å²) in [5.74, 6) is 0.243. The van der Waals surface area contributed by atoms with E-state index >= 15 is 0 Å². The number of thiocarbonyl (C=S) groups is 1. The van der Waals surface area contributed by atoms with Crippen molar-refractivity contribution in [2.45, 2.75) is 6.92 Å². The number of benzene rings is 2. The van der Waals surface area contributed by atoms with E-state index in [1.165, 1.54) is 6.08 Å². The molecule has 2 aromatic carbocycles. The number of carbonyl (C=O) groups excluding carboxylic acids is 2. The minimum Gasteiger partial charge on any atom is -0.494 e. The Morgan fingerprint density at radius 3 is 2.40 bits per heavy atom. The molecule has 2 aromatic rings. The van der Waals surface area contributed by atoms with Crippen LogP contribution in [0, 0.1) is 0 Å². The van der Waals surface area contributed by atoms with Crippen LogP contribution in [0.5, 0.6) is 5.75 Å².